The first-order valence-corrected chi connectivity index (χ1v) is 6.35. The summed E-state index contributed by atoms with van der Waals surface area (Å²) in [6.45, 7) is 0. The lowest BCUT2D eigenvalue weighted by atomic mass is 10.2. The van der Waals surface area contributed by atoms with Crippen LogP contribution in [0.5, 0.6) is 23.0 Å². The lowest BCUT2D eigenvalue weighted by Gasteiger charge is -2.13. The minimum absolute atomic E-state index is 0.353. The van der Waals surface area contributed by atoms with Gasteiger partial charge in [0, 0.05) is 5.56 Å². The zero-order valence-electron chi connectivity index (χ0n) is 11.3. The summed E-state index contributed by atoms with van der Waals surface area (Å²) in [6, 6.07) is 12.6. The van der Waals surface area contributed by atoms with Crippen LogP contribution in [0, 0.1) is 0 Å². The molecule has 0 aliphatic heterocycles. The highest BCUT2D eigenvalue weighted by Crippen LogP contribution is 2.39. The average molecular weight is 289 g/mol. The van der Waals surface area contributed by atoms with Crippen LogP contribution in [0.1, 0.15) is 5.56 Å². The van der Waals surface area contributed by atoms with Gasteiger partial charge in [0.05, 0.1) is 14.2 Å². The Bertz CT molecular complexity index is 589. The van der Waals surface area contributed by atoms with Crippen molar-refractivity contribution in [2.24, 2.45) is 5.73 Å². The molecule has 0 aliphatic carbocycles. The Labute approximate surface area is 123 Å². The molecule has 0 heterocycles. The molecule has 5 heteroatoms. The highest BCUT2D eigenvalue weighted by atomic mass is 32.1. The molecular formula is C15H15NO3S. The topological polar surface area (TPSA) is 53.7 Å². The van der Waals surface area contributed by atoms with E-state index in [0.717, 1.165) is 5.56 Å². The van der Waals surface area contributed by atoms with Gasteiger partial charge in [0.2, 0.25) is 5.75 Å². The van der Waals surface area contributed by atoms with Crippen molar-refractivity contribution < 1.29 is 14.2 Å². The molecule has 0 spiro atoms. The third-order valence-corrected chi connectivity index (χ3v) is 2.98. The molecule has 2 N–H and O–H groups in total. The Morgan fingerprint density at radius 1 is 0.950 bits per heavy atom. The second-order valence-corrected chi connectivity index (χ2v) is 4.42. The number of para-hydroxylation sites is 1. The number of benzene rings is 2. The lowest BCUT2D eigenvalue weighted by Crippen LogP contribution is -2.08. The summed E-state index contributed by atoms with van der Waals surface area (Å²) >= 11 is 4.91. The number of thiocarbonyl (C=S) groups is 1. The standard InChI is InChI=1S/C15H15NO3S/c1-17-12-4-3-5-13(18-2)14(12)19-11-8-6-10(7-9-11)15(16)20/h3-9H,1-2H3,(H2,16,20). The Balaban J connectivity index is 2.31. The SMILES string of the molecule is COc1cccc(OC)c1Oc1ccc(C(N)=S)cc1. The van der Waals surface area contributed by atoms with Gasteiger partial charge in [-0.25, -0.2) is 0 Å². The van der Waals surface area contributed by atoms with E-state index >= 15 is 0 Å². The molecule has 0 aliphatic rings. The van der Waals surface area contributed by atoms with Crippen LogP contribution in [-0.2, 0) is 0 Å². The normalized spacial score (nSPS) is 9.90. The largest absolute Gasteiger partial charge is 0.493 e. The molecule has 0 saturated heterocycles. The van der Waals surface area contributed by atoms with E-state index in [4.69, 9.17) is 32.2 Å². The van der Waals surface area contributed by atoms with Gasteiger partial charge in [0.25, 0.3) is 0 Å². The van der Waals surface area contributed by atoms with Gasteiger partial charge in [0.1, 0.15) is 10.7 Å². The van der Waals surface area contributed by atoms with E-state index in [9.17, 15) is 0 Å². The third kappa shape index (κ3) is 3.00. The summed E-state index contributed by atoms with van der Waals surface area (Å²) in [5, 5.41) is 0. The minimum atomic E-state index is 0.353. The molecule has 104 valence electrons. The van der Waals surface area contributed by atoms with Gasteiger partial charge in [-0.1, -0.05) is 18.3 Å². The van der Waals surface area contributed by atoms with Crippen LogP contribution >= 0.6 is 12.2 Å². The predicted octanol–water partition coefficient (Wildman–Crippen LogP) is 3.13. The van der Waals surface area contributed by atoms with Crippen molar-refractivity contribution in [2.75, 3.05) is 14.2 Å². The maximum Gasteiger partial charge on any atom is 0.210 e. The summed E-state index contributed by atoms with van der Waals surface area (Å²) in [6.07, 6.45) is 0. The number of rotatable bonds is 5. The van der Waals surface area contributed by atoms with Crippen LogP contribution in [0.2, 0.25) is 0 Å². The fraction of sp³-hybridized carbons (Fsp3) is 0.133. The lowest BCUT2D eigenvalue weighted by molar-refractivity contribution is 0.346. The second kappa shape index (κ2) is 6.25. The molecule has 0 bridgehead atoms. The van der Waals surface area contributed by atoms with Gasteiger partial charge in [-0.15, -0.1) is 0 Å². The van der Waals surface area contributed by atoms with Gasteiger partial charge in [-0.05, 0) is 36.4 Å². The highest BCUT2D eigenvalue weighted by Gasteiger charge is 2.12. The first kappa shape index (κ1) is 14.1. The van der Waals surface area contributed by atoms with E-state index in [-0.39, 0.29) is 0 Å². The zero-order valence-corrected chi connectivity index (χ0v) is 12.1. The molecule has 0 saturated carbocycles. The predicted molar refractivity (Wildman–Crippen MR) is 81.9 cm³/mol. The van der Waals surface area contributed by atoms with Crippen molar-refractivity contribution in [3.8, 4) is 23.0 Å². The van der Waals surface area contributed by atoms with E-state index in [0.29, 0.717) is 28.0 Å². The quantitative estimate of drug-likeness (QED) is 0.857. The van der Waals surface area contributed by atoms with Crippen LogP contribution in [-0.4, -0.2) is 19.2 Å². The number of nitrogens with two attached hydrogens (primary N) is 1. The van der Waals surface area contributed by atoms with Crippen molar-refractivity contribution in [1.29, 1.82) is 0 Å². The van der Waals surface area contributed by atoms with Gasteiger partial charge < -0.3 is 19.9 Å². The molecule has 2 aromatic rings. The molecule has 2 aromatic carbocycles. The molecule has 0 fully saturated rings. The molecule has 0 aromatic heterocycles. The Morgan fingerprint density at radius 2 is 1.50 bits per heavy atom. The molecule has 0 radical (unpaired) electrons. The fourth-order valence-corrected chi connectivity index (χ4v) is 1.86. The first-order valence-electron chi connectivity index (χ1n) is 5.94. The third-order valence-electron chi connectivity index (χ3n) is 2.74. The first-order chi connectivity index (χ1) is 9.65. The number of methoxy groups -OCH3 is 2. The molecule has 0 amide bonds. The van der Waals surface area contributed by atoms with E-state index in [1.165, 1.54) is 0 Å². The maximum absolute atomic E-state index is 5.82. The Kier molecular flexibility index (Phi) is 4.42. The Hall–Kier alpha value is -2.27. The van der Waals surface area contributed by atoms with Crippen molar-refractivity contribution >= 4 is 17.2 Å². The molecule has 4 nitrogen and oxygen atoms in total. The van der Waals surface area contributed by atoms with E-state index in [1.807, 2.05) is 6.07 Å². The smallest absolute Gasteiger partial charge is 0.210 e. The summed E-state index contributed by atoms with van der Waals surface area (Å²) < 4.78 is 16.4. The van der Waals surface area contributed by atoms with Crippen molar-refractivity contribution in [2.45, 2.75) is 0 Å². The highest BCUT2D eigenvalue weighted by molar-refractivity contribution is 7.80. The molecule has 0 atom stereocenters. The number of ether oxygens (including phenoxy) is 3. The monoisotopic (exact) mass is 289 g/mol. The number of hydrogen-bond donors (Lipinski definition) is 1. The zero-order chi connectivity index (χ0) is 14.5. The van der Waals surface area contributed by atoms with Crippen LogP contribution in [0.3, 0.4) is 0 Å². The minimum Gasteiger partial charge on any atom is -0.493 e. The van der Waals surface area contributed by atoms with Crippen LogP contribution in [0.15, 0.2) is 42.5 Å². The fourth-order valence-electron chi connectivity index (χ4n) is 1.72. The van der Waals surface area contributed by atoms with Crippen molar-refractivity contribution in [1.82, 2.24) is 0 Å². The second-order valence-electron chi connectivity index (χ2n) is 3.98. The maximum atomic E-state index is 5.82. The summed E-state index contributed by atoms with van der Waals surface area (Å²) in [4.78, 5) is 0.353. The van der Waals surface area contributed by atoms with E-state index in [2.05, 4.69) is 0 Å². The molecule has 20 heavy (non-hydrogen) atoms. The van der Waals surface area contributed by atoms with E-state index < -0.39 is 0 Å². The van der Waals surface area contributed by atoms with Crippen LogP contribution in [0.25, 0.3) is 0 Å². The Morgan fingerprint density at radius 3 is 1.95 bits per heavy atom. The van der Waals surface area contributed by atoms with Gasteiger partial charge in [0.15, 0.2) is 11.5 Å². The van der Waals surface area contributed by atoms with Crippen LogP contribution < -0.4 is 19.9 Å². The van der Waals surface area contributed by atoms with Gasteiger partial charge >= 0.3 is 0 Å². The van der Waals surface area contributed by atoms with Crippen molar-refractivity contribution in [3.63, 3.8) is 0 Å². The summed E-state index contributed by atoms with van der Waals surface area (Å²) in [7, 11) is 3.16. The number of hydrogen-bond acceptors (Lipinski definition) is 4. The van der Waals surface area contributed by atoms with Gasteiger partial charge in [-0.3, -0.25) is 0 Å². The molecule has 0 unspecified atom stereocenters. The van der Waals surface area contributed by atoms with Crippen molar-refractivity contribution in [3.05, 3.63) is 48.0 Å². The molecular weight excluding hydrogens is 274 g/mol. The average Bonchev–Trinajstić information content (AvgIpc) is 2.48. The summed E-state index contributed by atoms with van der Waals surface area (Å²) in [5.41, 5.74) is 6.35. The summed E-state index contributed by atoms with van der Waals surface area (Å²) in [5.74, 6) is 2.37. The van der Waals surface area contributed by atoms with E-state index in [1.54, 1.807) is 50.6 Å². The van der Waals surface area contributed by atoms with Gasteiger partial charge in [-0.2, -0.15) is 0 Å². The van der Waals surface area contributed by atoms with Crippen LogP contribution in [0.4, 0.5) is 0 Å². The molecule has 2 rings (SSSR count).